The van der Waals surface area contributed by atoms with Crippen molar-refractivity contribution >= 4 is 11.3 Å². The van der Waals surface area contributed by atoms with Crippen molar-refractivity contribution in [2.75, 3.05) is 0 Å². The lowest BCUT2D eigenvalue weighted by atomic mass is 10.1. The molecule has 112 valence electrons. The standard InChI is InChI=1S/C17H21FN2S/c1-10(2)16-15(9-19-13-5-6-13)21-17(20-16)12-4-7-14(18)11(3)8-12/h4,7-8,10,13,19H,5-6,9H2,1-3H3. The summed E-state index contributed by atoms with van der Waals surface area (Å²) in [5.41, 5.74) is 2.86. The third-order valence-electron chi connectivity index (χ3n) is 3.81. The zero-order valence-electron chi connectivity index (χ0n) is 12.7. The summed E-state index contributed by atoms with van der Waals surface area (Å²) < 4.78 is 13.4. The normalized spacial score (nSPS) is 14.9. The highest BCUT2D eigenvalue weighted by Gasteiger charge is 2.22. The Morgan fingerprint density at radius 1 is 1.38 bits per heavy atom. The minimum Gasteiger partial charge on any atom is -0.309 e. The summed E-state index contributed by atoms with van der Waals surface area (Å²) >= 11 is 1.73. The van der Waals surface area contributed by atoms with Gasteiger partial charge in [-0.2, -0.15) is 0 Å². The number of nitrogens with one attached hydrogen (secondary N) is 1. The number of benzene rings is 1. The van der Waals surface area contributed by atoms with Crippen LogP contribution >= 0.6 is 11.3 Å². The van der Waals surface area contributed by atoms with Crippen molar-refractivity contribution in [2.45, 2.75) is 52.1 Å². The maximum absolute atomic E-state index is 13.4. The molecule has 1 aliphatic rings. The van der Waals surface area contributed by atoms with Gasteiger partial charge in [-0.05, 0) is 49.4 Å². The Morgan fingerprint density at radius 3 is 2.76 bits per heavy atom. The molecule has 4 heteroatoms. The maximum atomic E-state index is 13.4. The second-order valence-corrected chi connectivity index (χ2v) is 7.18. The van der Waals surface area contributed by atoms with Crippen LogP contribution in [0.4, 0.5) is 4.39 Å². The summed E-state index contributed by atoms with van der Waals surface area (Å²) in [7, 11) is 0. The molecule has 2 nitrogen and oxygen atoms in total. The van der Waals surface area contributed by atoms with Gasteiger partial charge in [0.2, 0.25) is 0 Å². The van der Waals surface area contributed by atoms with Crippen LogP contribution in [0.5, 0.6) is 0 Å². The Labute approximate surface area is 129 Å². The Morgan fingerprint density at radius 2 is 2.14 bits per heavy atom. The van der Waals surface area contributed by atoms with Gasteiger partial charge in [-0.25, -0.2) is 9.37 Å². The van der Waals surface area contributed by atoms with Crippen LogP contribution in [0.3, 0.4) is 0 Å². The molecule has 0 atom stereocenters. The van der Waals surface area contributed by atoms with Crippen molar-refractivity contribution in [2.24, 2.45) is 0 Å². The summed E-state index contributed by atoms with van der Waals surface area (Å²) in [6.07, 6.45) is 2.58. The molecule has 0 spiro atoms. The Kier molecular flexibility index (Phi) is 4.09. The number of hydrogen-bond acceptors (Lipinski definition) is 3. The van der Waals surface area contributed by atoms with Gasteiger partial charge in [0.25, 0.3) is 0 Å². The van der Waals surface area contributed by atoms with Gasteiger partial charge in [-0.15, -0.1) is 11.3 Å². The third-order valence-corrected chi connectivity index (χ3v) is 4.93. The molecule has 1 aromatic heterocycles. The van der Waals surface area contributed by atoms with E-state index in [0.717, 1.165) is 17.1 Å². The lowest BCUT2D eigenvalue weighted by Crippen LogP contribution is -2.15. The van der Waals surface area contributed by atoms with Gasteiger partial charge in [0.1, 0.15) is 10.8 Å². The van der Waals surface area contributed by atoms with Gasteiger partial charge in [-0.1, -0.05) is 13.8 Å². The van der Waals surface area contributed by atoms with Crippen LogP contribution in [0.25, 0.3) is 10.6 Å². The van der Waals surface area contributed by atoms with E-state index in [4.69, 9.17) is 4.98 Å². The van der Waals surface area contributed by atoms with Crippen molar-refractivity contribution in [3.05, 3.63) is 40.2 Å². The molecule has 0 aliphatic heterocycles. The van der Waals surface area contributed by atoms with Crippen LogP contribution in [0, 0.1) is 12.7 Å². The van der Waals surface area contributed by atoms with Gasteiger partial charge in [-0.3, -0.25) is 0 Å². The van der Waals surface area contributed by atoms with Crippen molar-refractivity contribution in [3.63, 3.8) is 0 Å². The number of nitrogens with zero attached hydrogens (tertiary/aromatic N) is 1. The molecule has 1 saturated carbocycles. The summed E-state index contributed by atoms with van der Waals surface area (Å²) in [6.45, 7) is 7.05. The van der Waals surface area contributed by atoms with E-state index in [9.17, 15) is 4.39 Å². The Balaban J connectivity index is 1.90. The first-order chi connectivity index (χ1) is 10.0. The van der Waals surface area contributed by atoms with E-state index in [1.165, 1.54) is 29.5 Å². The minimum atomic E-state index is -0.157. The fraction of sp³-hybridized carbons (Fsp3) is 0.471. The van der Waals surface area contributed by atoms with Crippen molar-refractivity contribution in [3.8, 4) is 10.6 Å². The van der Waals surface area contributed by atoms with E-state index >= 15 is 0 Å². The first-order valence-electron chi connectivity index (χ1n) is 7.54. The number of aryl methyl sites for hydroxylation is 1. The molecule has 1 aromatic carbocycles. The molecule has 21 heavy (non-hydrogen) atoms. The highest BCUT2D eigenvalue weighted by molar-refractivity contribution is 7.15. The van der Waals surface area contributed by atoms with Crippen molar-refractivity contribution in [1.82, 2.24) is 10.3 Å². The van der Waals surface area contributed by atoms with E-state index in [1.54, 1.807) is 18.3 Å². The number of hydrogen-bond donors (Lipinski definition) is 1. The number of rotatable bonds is 5. The summed E-state index contributed by atoms with van der Waals surface area (Å²) in [4.78, 5) is 6.12. The average molecular weight is 304 g/mol. The van der Waals surface area contributed by atoms with Crippen LogP contribution in [-0.2, 0) is 6.54 Å². The topological polar surface area (TPSA) is 24.9 Å². The highest BCUT2D eigenvalue weighted by atomic mass is 32.1. The Bertz CT molecular complexity index is 644. The summed E-state index contributed by atoms with van der Waals surface area (Å²) in [5.74, 6) is 0.252. The van der Waals surface area contributed by atoms with E-state index in [2.05, 4.69) is 19.2 Å². The fourth-order valence-electron chi connectivity index (χ4n) is 2.37. The first-order valence-corrected chi connectivity index (χ1v) is 8.35. The zero-order valence-corrected chi connectivity index (χ0v) is 13.6. The van der Waals surface area contributed by atoms with Crippen LogP contribution in [-0.4, -0.2) is 11.0 Å². The highest BCUT2D eigenvalue weighted by Crippen LogP contribution is 2.33. The smallest absolute Gasteiger partial charge is 0.126 e. The van der Waals surface area contributed by atoms with Crippen LogP contribution in [0.1, 0.15) is 48.7 Å². The predicted molar refractivity (Wildman–Crippen MR) is 86.2 cm³/mol. The molecule has 1 heterocycles. The predicted octanol–water partition coefficient (Wildman–Crippen LogP) is 4.63. The van der Waals surface area contributed by atoms with E-state index < -0.39 is 0 Å². The molecule has 0 saturated heterocycles. The van der Waals surface area contributed by atoms with Gasteiger partial charge in [0, 0.05) is 23.0 Å². The van der Waals surface area contributed by atoms with Gasteiger partial charge in [0.05, 0.1) is 5.69 Å². The second-order valence-electron chi connectivity index (χ2n) is 6.10. The Hall–Kier alpha value is -1.26. The van der Waals surface area contributed by atoms with E-state index in [0.29, 0.717) is 17.5 Å². The molecule has 1 fully saturated rings. The SMILES string of the molecule is Cc1cc(-c2nc(C(C)C)c(CNC3CC3)s2)ccc1F. The summed E-state index contributed by atoms with van der Waals surface area (Å²) in [6, 6.07) is 5.94. The minimum absolute atomic E-state index is 0.157. The zero-order chi connectivity index (χ0) is 15.0. The molecular formula is C17H21FN2S. The van der Waals surface area contributed by atoms with Gasteiger partial charge < -0.3 is 5.32 Å². The average Bonchev–Trinajstić information content (AvgIpc) is 3.17. The second kappa shape index (κ2) is 5.85. The maximum Gasteiger partial charge on any atom is 0.126 e. The number of thiazole rings is 1. The van der Waals surface area contributed by atoms with Crippen LogP contribution < -0.4 is 5.32 Å². The molecule has 0 amide bonds. The number of halogens is 1. The van der Waals surface area contributed by atoms with Crippen LogP contribution in [0.15, 0.2) is 18.2 Å². The molecule has 0 unspecified atom stereocenters. The third kappa shape index (κ3) is 3.33. The fourth-order valence-corrected chi connectivity index (χ4v) is 3.53. The molecule has 1 N–H and O–H groups in total. The summed E-state index contributed by atoms with van der Waals surface area (Å²) in [5, 5.41) is 4.56. The lowest BCUT2D eigenvalue weighted by Gasteiger charge is -2.05. The molecule has 0 radical (unpaired) electrons. The lowest BCUT2D eigenvalue weighted by molar-refractivity contribution is 0.619. The largest absolute Gasteiger partial charge is 0.309 e. The molecule has 1 aliphatic carbocycles. The molecule has 2 aromatic rings. The molecule has 3 rings (SSSR count). The van der Waals surface area contributed by atoms with Gasteiger partial charge >= 0.3 is 0 Å². The first kappa shape index (κ1) is 14.7. The quantitative estimate of drug-likeness (QED) is 0.871. The molecular weight excluding hydrogens is 283 g/mol. The van der Waals surface area contributed by atoms with Crippen LogP contribution in [0.2, 0.25) is 0 Å². The van der Waals surface area contributed by atoms with E-state index in [1.807, 2.05) is 12.1 Å². The van der Waals surface area contributed by atoms with Gasteiger partial charge in [0.15, 0.2) is 0 Å². The van der Waals surface area contributed by atoms with Crippen molar-refractivity contribution in [1.29, 1.82) is 0 Å². The monoisotopic (exact) mass is 304 g/mol. The molecule has 0 bridgehead atoms. The van der Waals surface area contributed by atoms with E-state index in [-0.39, 0.29) is 5.82 Å². The van der Waals surface area contributed by atoms with Crippen molar-refractivity contribution < 1.29 is 4.39 Å². The number of aromatic nitrogens is 1.